The van der Waals surface area contributed by atoms with Crippen LogP contribution < -0.4 is 5.73 Å². The van der Waals surface area contributed by atoms with Crippen LogP contribution in [0.2, 0.25) is 0 Å². The molecule has 2 rings (SSSR count). The van der Waals surface area contributed by atoms with Gasteiger partial charge in [0.1, 0.15) is 0 Å². The van der Waals surface area contributed by atoms with Crippen LogP contribution in [0, 0.1) is 0 Å². The molecular weight excluding hydrogens is 202 g/mol. The van der Waals surface area contributed by atoms with Crippen LogP contribution in [0.25, 0.3) is 0 Å². The van der Waals surface area contributed by atoms with Gasteiger partial charge in [-0.2, -0.15) is 4.98 Å². The van der Waals surface area contributed by atoms with Gasteiger partial charge in [-0.1, -0.05) is 25.9 Å². The Hall–Kier alpha value is -0.610. The summed E-state index contributed by atoms with van der Waals surface area (Å²) in [5.74, 6) is 1.33. The van der Waals surface area contributed by atoms with Crippen LogP contribution in [0.5, 0.6) is 0 Å². The first-order valence-corrected chi connectivity index (χ1v) is 4.55. The lowest BCUT2D eigenvalue weighted by molar-refractivity contribution is 0.338. The Morgan fingerprint density at radius 2 is 1.93 bits per heavy atom. The third-order valence-electron chi connectivity index (χ3n) is 2.31. The average molecular weight is 218 g/mol. The summed E-state index contributed by atoms with van der Waals surface area (Å²) in [6, 6.07) is 0. The van der Waals surface area contributed by atoms with E-state index in [4.69, 9.17) is 10.3 Å². The maximum absolute atomic E-state index is 5.93. The van der Waals surface area contributed by atoms with E-state index in [-0.39, 0.29) is 23.4 Å². The van der Waals surface area contributed by atoms with E-state index in [1.807, 2.05) is 0 Å². The molecule has 1 aliphatic rings. The second kappa shape index (κ2) is 3.21. The van der Waals surface area contributed by atoms with Crippen LogP contribution in [0.4, 0.5) is 0 Å². The molecule has 1 fully saturated rings. The van der Waals surface area contributed by atoms with Gasteiger partial charge in [0.2, 0.25) is 5.89 Å². The van der Waals surface area contributed by atoms with E-state index in [1.165, 1.54) is 0 Å². The van der Waals surface area contributed by atoms with Crippen molar-refractivity contribution >= 4 is 12.4 Å². The Morgan fingerprint density at radius 1 is 1.36 bits per heavy atom. The van der Waals surface area contributed by atoms with Crippen molar-refractivity contribution in [2.24, 2.45) is 5.73 Å². The Balaban J connectivity index is 0.000000980. The number of nitrogens with two attached hydrogens (primary N) is 1. The zero-order valence-corrected chi connectivity index (χ0v) is 9.52. The summed E-state index contributed by atoms with van der Waals surface area (Å²) in [4.78, 5) is 4.31. The van der Waals surface area contributed by atoms with Gasteiger partial charge in [-0.25, -0.2) is 0 Å². The smallest absolute Gasteiger partial charge is 0.246 e. The topological polar surface area (TPSA) is 64.9 Å². The van der Waals surface area contributed by atoms with Crippen LogP contribution in [0.15, 0.2) is 4.52 Å². The Labute approximate surface area is 89.7 Å². The number of hydrogen-bond donors (Lipinski definition) is 1. The van der Waals surface area contributed by atoms with Gasteiger partial charge in [-0.15, -0.1) is 12.4 Å². The van der Waals surface area contributed by atoms with Crippen LogP contribution in [-0.4, -0.2) is 10.1 Å². The molecular formula is C9H16ClN3O. The molecule has 14 heavy (non-hydrogen) atoms. The zero-order chi connectivity index (χ0) is 9.69. The Morgan fingerprint density at radius 3 is 2.29 bits per heavy atom. The molecule has 0 atom stereocenters. The lowest BCUT2D eigenvalue weighted by Gasteiger charge is -2.11. The van der Waals surface area contributed by atoms with E-state index in [1.54, 1.807) is 0 Å². The standard InChI is InChI=1S/C9H15N3O.ClH/c1-8(2,3)6-11-7(13-12-6)9(10)4-5-9;/h4-5,10H2,1-3H3;1H. The summed E-state index contributed by atoms with van der Waals surface area (Å²) in [6.07, 6.45) is 1.91. The minimum absolute atomic E-state index is 0. The predicted octanol–water partition coefficient (Wildman–Crippen LogP) is 1.74. The maximum atomic E-state index is 5.93. The molecule has 1 aromatic rings. The van der Waals surface area contributed by atoms with Crippen molar-refractivity contribution < 1.29 is 4.52 Å². The number of halogens is 1. The lowest BCUT2D eigenvalue weighted by atomic mass is 9.96. The van der Waals surface area contributed by atoms with Crippen LogP contribution in [-0.2, 0) is 11.0 Å². The fourth-order valence-electron chi connectivity index (χ4n) is 1.08. The maximum Gasteiger partial charge on any atom is 0.246 e. The molecule has 80 valence electrons. The van der Waals surface area contributed by atoms with E-state index >= 15 is 0 Å². The highest BCUT2D eigenvalue weighted by Gasteiger charge is 2.46. The molecule has 4 nitrogen and oxygen atoms in total. The van der Waals surface area contributed by atoms with Crippen molar-refractivity contribution in [3.8, 4) is 0 Å². The van der Waals surface area contributed by atoms with Crippen molar-refractivity contribution in [3.63, 3.8) is 0 Å². The molecule has 0 amide bonds. The molecule has 1 saturated carbocycles. The van der Waals surface area contributed by atoms with Crippen molar-refractivity contribution in [2.45, 2.75) is 44.6 Å². The van der Waals surface area contributed by atoms with Crippen molar-refractivity contribution in [2.75, 3.05) is 0 Å². The van der Waals surface area contributed by atoms with Crippen molar-refractivity contribution in [1.29, 1.82) is 0 Å². The van der Waals surface area contributed by atoms with Gasteiger partial charge in [-0.3, -0.25) is 0 Å². The minimum Gasteiger partial charge on any atom is -0.337 e. The quantitative estimate of drug-likeness (QED) is 0.778. The van der Waals surface area contributed by atoms with E-state index in [0.29, 0.717) is 5.89 Å². The Kier molecular flexibility index (Phi) is 2.63. The monoisotopic (exact) mass is 217 g/mol. The summed E-state index contributed by atoms with van der Waals surface area (Å²) in [7, 11) is 0. The molecule has 0 saturated heterocycles. The third kappa shape index (κ3) is 1.91. The second-order valence-corrected chi connectivity index (χ2v) is 4.83. The van der Waals surface area contributed by atoms with Gasteiger partial charge in [-0.05, 0) is 12.8 Å². The fourth-order valence-corrected chi connectivity index (χ4v) is 1.08. The second-order valence-electron chi connectivity index (χ2n) is 4.83. The number of nitrogens with zero attached hydrogens (tertiary/aromatic N) is 2. The van der Waals surface area contributed by atoms with Gasteiger partial charge in [0.15, 0.2) is 5.82 Å². The lowest BCUT2D eigenvalue weighted by Crippen LogP contribution is -2.20. The van der Waals surface area contributed by atoms with Crippen LogP contribution >= 0.6 is 12.4 Å². The number of aromatic nitrogens is 2. The van der Waals surface area contributed by atoms with Crippen LogP contribution in [0.1, 0.15) is 45.3 Å². The molecule has 0 aliphatic heterocycles. The van der Waals surface area contributed by atoms with Gasteiger partial charge in [0, 0.05) is 5.41 Å². The molecule has 0 radical (unpaired) electrons. The zero-order valence-electron chi connectivity index (χ0n) is 8.70. The Bertz CT molecular complexity index is 305. The summed E-state index contributed by atoms with van der Waals surface area (Å²) in [5, 5.41) is 3.93. The predicted molar refractivity (Wildman–Crippen MR) is 55.3 cm³/mol. The van der Waals surface area contributed by atoms with E-state index in [0.717, 1.165) is 18.7 Å². The molecule has 0 spiro atoms. The van der Waals surface area contributed by atoms with Gasteiger partial charge < -0.3 is 10.3 Å². The molecule has 0 unspecified atom stereocenters. The molecule has 1 heterocycles. The molecule has 1 aliphatic carbocycles. The number of rotatable bonds is 1. The number of hydrogen-bond acceptors (Lipinski definition) is 4. The summed E-state index contributed by atoms with van der Waals surface area (Å²) in [5.41, 5.74) is 5.56. The largest absolute Gasteiger partial charge is 0.337 e. The van der Waals surface area contributed by atoms with E-state index < -0.39 is 0 Å². The minimum atomic E-state index is -0.309. The van der Waals surface area contributed by atoms with Crippen molar-refractivity contribution in [3.05, 3.63) is 11.7 Å². The highest BCUT2D eigenvalue weighted by molar-refractivity contribution is 5.85. The van der Waals surface area contributed by atoms with Crippen LogP contribution in [0.3, 0.4) is 0 Å². The van der Waals surface area contributed by atoms with Gasteiger partial charge >= 0.3 is 0 Å². The highest BCUT2D eigenvalue weighted by Crippen LogP contribution is 2.42. The summed E-state index contributed by atoms with van der Waals surface area (Å²) in [6.45, 7) is 6.16. The summed E-state index contributed by atoms with van der Waals surface area (Å²) >= 11 is 0. The van der Waals surface area contributed by atoms with E-state index in [9.17, 15) is 0 Å². The average Bonchev–Trinajstić information content (AvgIpc) is 2.60. The van der Waals surface area contributed by atoms with E-state index in [2.05, 4.69) is 30.9 Å². The molecule has 1 aromatic heterocycles. The molecule has 0 aromatic carbocycles. The SMILES string of the molecule is CC(C)(C)c1noc(C2(N)CC2)n1.Cl. The highest BCUT2D eigenvalue weighted by atomic mass is 35.5. The first kappa shape index (κ1) is 11.5. The fraction of sp³-hybridized carbons (Fsp3) is 0.778. The molecule has 2 N–H and O–H groups in total. The third-order valence-corrected chi connectivity index (χ3v) is 2.31. The van der Waals surface area contributed by atoms with Gasteiger partial charge in [0.05, 0.1) is 5.54 Å². The molecule has 0 bridgehead atoms. The normalized spacial score (nSPS) is 18.9. The van der Waals surface area contributed by atoms with Gasteiger partial charge in [0.25, 0.3) is 0 Å². The summed E-state index contributed by atoms with van der Waals surface area (Å²) < 4.78 is 5.13. The van der Waals surface area contributed by atoms with Crippen molar-refractivity contribution in [1.82, 2.24) is 10.1 Å². The molecule has 5 heteroatoms. The first-order valence-electron chi connectivity index (χ1n) is 4.55. The first-order chi connectivity index (χ1) is 5.92.